The molecule has 112 valence electrons. The molecule has 2 saturated carbocycles. The van der Waals surface area contributed by atoms with Crippen molar-refractivity contribution in [3.8, 4) is 0 Å². The molecule has 1 aromatic rings. The summed E-state index contributed by atoms with van der Waals surface area (Å²) in [5, 5.41) is 0. The number of nitrogens with zero attached hydrogens (tertiary/aromatic N) is 1. The number of fused-ring (bicyclic) bond motifs is 3. The molecule has 1 amide bonds. The van der Waals surface area contributed by atoms with Crippen molar-refractivity contribution < 1.29 is 4.79 Å². The summed E-state index contributed by atoms with van der Waals surface area (Å²) >= 11 is 0. The molecule has 1 aliphatic heterocycles. The van der Waals surface area contributed by atoms with Crippen LogP contribution < -0.4 is 10.6 Å². The fraction of sp³-hybridized carbons (Fsp3) is 0.611. The third-order valence-corrected chi connectivity index (χ3v) is 5.91. The van der Waals surface area contributed by atoms with Crippen LogP contribution in [0.15, 0.2) is 18.2 Å². The van der Waals surface area contributed by atoms with E-state index < -0.39 is 0 Å². The van der Waals surface area contributed by atoms with E-state index in [0.717, 1.165) is 36.1 Å². The molecule has 1 heterocycles. The average Bonchev–Trinajstić information content (AvgIpc) is 3.10. The lowest BCUT2D eigenvalue weighted by Gasteiger charge is -2.27. The van der Waals surface area contributed by atoms with Crippen molar-refractivity contribution in [2.75, 3.05) is 10.6 Å². The van der Waals surface area contributed by atoms with Crippen LogP contribution in [0.4, 0.5) is 11.4 Å². The molecule has 2 fully saturated rings. The fourth-order valence-electron chi connectivity index (χ4n) is 4.98. The Labute approximate surface area is 126 Å². The van der Waals surface area contributed by atoms with Gasteiger partial charge in [0.15, 0.2) is 0 Å². The Bertz CT molecular complexity index is 583. The van der Waals surface area contributed by atoms with Crippen molar-refractivity contribution in [3.63, 3.8) is 0 Å². The highest BCUT2D eigenvalue weighted by Gasteiger charge is 2.41. The zero-order valence-electron chi connectivity index (χ0n) is 12.7. The van der Waals surface area contributed by atoms with Gasteiger partial charge >= 0.3 is 0 Å². The van der Waals surface area contributed by atoms with Gasteiger partial charge < -0.3 is 10.6 Å². The number of carbonyl (C=O) groups is 1. The molecule has 3 heteroatoms. The number of rotatable bonds is 2. The zero-order valence-corrected chi connectivity index (χ0v) is 12.7. The summed E-state index contributed by atoms with van der Waals surface area (Å²) < 4.78 is 0. The van der Waals surface area contributed by atoms with E-state index in [-0.39, 0.29) is 6.04 Å². The van der Waals surface area contributed by atoms with Crippen LogP contribution in [0.2, 0.25) is 0 Å². The van der Waals surface area contributed by atoms with Gasteiger partial charge in [0.2, 0.25) is 5.91 Å². The maximum atomic E-state index is 12.8. The number of nitrogen functional groups attached to an aromatic ring is 1. The second-order valence-corrected chi connectivity index (χ2v) is 7.34. The van der Waals surface area contributed by atoms with E-state index in [1.807, 2.05) is 23.1 Å². The van der Waals surface area contributed by atoms with Gasteiger partial charge in [-0.25, -0.2) is 0 Å². The first-order valence-electron chi connectivity index (χ1n) is 8.32. The number of nitrogens with two attached hydrogens (primary N) is 1. The first kappa shape index (κ1) is 13.2. The Hall–Kier alpha value is -1.51. The van der Waals surface area contributed by atoms with Gasteiger partial charge in [0, 0.05) is 23.8 Å². The van der Waals surface area contributed by atoms with Crippen LogP contribution in [-0.4, -0.2) is 11.9 Å². The smallest absolute Gasteiger partial charge is 0.227 e. The van der Waals surface area contributed by atoms with E-state index in [1.165, 1.54) is 31.2 Å². The second-order valence-electron chi connectivity index (χ2n) is 7.34. The summed E-state index contributed by atoms with van der Waals surface area (Å²) in [6, 6.07) is 6.23. The first-order valence-corrected chi connectivity index (χ1v) is 8.32. The molecule has 21 heavy (non-hydrogen) atoms. The molecule has 2 N–H and O–H groups in total. The van der Waals surface area contributed by atoms with E-state index in [2.05, 4.69) is 6.92 Å². The Balaban J connectivity index is 1.52. The number of hydrogen-bond donors (Lipinski definition) is 1. The normalized spacial score (nSPS) is 33.5. The molecule has 4 unspecified atom stereocenters. The highest BCUT2D eigenvalue weighted by atomic mass is 16.2. The maximum absolute atomic E-state index is 12.8. The Morgan fingerprint density at radius 2 is 2.19 bits per heavy atom. The number of amides is 1. The number of benzene rings is 1. The maximum Gasteiger partial charge on any atom is 0.227 e. The first-order chi connectivity index (χ1) is 10.1. The lowest BCUT2D eigenvalue weighted by Crippen LogP contribution is -2.37. The summed E-state index contributed by atoms with van der Waals surface area (Å²) in [7, 11) is 0. The zero-order chi connectivity index (χ0) is 14.6. The molecule has 0 saturated heterocycles. The van der Waals surface area contributed by atoms with Crippen LogP contribution >= 0.6 is 0 Å². The van der Waals surface area contributed by atoms with E-state index in [0.29, 0.717) is 11.8 Å². The lowest BCUT2D eigenvalue weighted by molar-refractivity contribution is -0.120. The number of carbonyl (C=O) groups excluding carboxylic acids is 1. The highest BCUT2D eigenvalue weighted by molar-refractivity contribution is 5.96. The minimum Gasteiger partial charge on any atom is -0.399 e. The van der Waals surface area contributed by atoms with Crippen LogP contribution in [0.5, 0.6) is 0 Å². The molecule has 0 aromatic heterocycles. The van der Waals surface area contributed by atoms with Gasteiger partial charge in [-0.1, -0.05) is 6.42 Å². The second kappa shape index (κ2) is 4.75. The molecule has 1 aromatic carbocycles. The van der Waals surface area contributed by atoms with Crippen LogP contribution in [0.3, 0.4) is 0 Å². The third-order valence-electron chi connectivity index (χ3n) is 5.91. The van der Waals surface area contributed by atoms with Crippen LogP contribution in [0, 0.1) is 17.8 Å². The van der Waals surface area contributed by atoms with E-state index in [1.54, 1.807) is 0 Å². The summed E-state index contributed by atoms with van der Waals surface area (Å²) in [6.07, 6.45) is 7.09. The topological polar surface area (TPSA) is 46.3 Å². The molecular weight excluding hydrogens is 260 g/mol. The standard InChI is InChI=1S/C18H24N2O/c1-11-6-15-9-16(19)4-5-17(15)20(11)18(21)10-14-8-12-2-3-13(14)7-12/h4-5,9,11-14H,2-3,6-8,10,19H2,1H3. The summed E-state index contributed by atoms with van der Waals surface area (Å²) in [4.78, 5) is 14.9. The minimum atomic E-state index is 0.271. The van der Waals surface area contributed by atoms with Gasteiger partial charge in [-0.3, -0.25) is 4.79 Å². The SMILES string of the molecule is CC1Cc2cc(N)ccc2N1C(=O)CC1CC2CCC1C2. The summed E-state index contributed by atoms with van der Waals surface area (Å²) in [6.45, 7) is 2.15. The Morgan fingerprint density at radius 1 is 1.33 bits per heavy atom. The largest absolute Gasteiger partial charge is 0.399 e. The Kier molecular flexibility index (Phi) is 2.98. The lowest BCUT2D eigenvalue weighted by atomic mass is 9.86. The van der Waals surface area contributed by atoms with Gasteiger partial charge in [0.25, 0.3) is 0 Å². The predicted molar refractivity (Wildman–Crippen MR) is 85.1 cm³/mol. The molecule has 3 aliphatic rings. The van der Waals surface area contributed by atoms with Gasteiger partial charge in [0.05, 0.1) is 0 Å². The predicted octanol–water partition coefficient (Wildman–Crippen LogP) is 3.37. The van der Waals surface area contributed by atoms with Crippen LogP contribution in [0.25, 0.3) is 0 Å². The number of hydrogen-bond acceptors (Lipinski definition) is 2. The molecule has 4 rings (SSSR count). The quantitative estimate of drug-likeness (QED) is 0.846. The van der Waals surface area contributed by atoms with E-state index in [4.69, 9.17) is 5.73 Å². The van der Waals surface area contributed by atoms with Gasteiger partial charge in [-0.2, -0.15) is 0 Å². The average molecular weight is 284 g/mol. The van der Waals surface area contributed by atoms with Crippen molar-refractivity contribution in [3.05, 3.63) is 23.8 Å². The van der Waals surface area contributed by atoms with Crippen molar-refractivity contribution in [1.29, 1.82) is 0 Å². The van der Waals surface area contributed by atoms with Crippen molar-refractivity contribution >= 4 is 17.3 Å². The van der Waals surface area contributed by atoms with Gasteiger partial charge in [-0.15, -0.1) is 0 Å². The fourth-order valence-corrected chi connectivity index (χ4v) is 4.98. The summed E-state index contributed by atoms with van der Waals surface area (Å²) in [5.41, 5.74) is 8.98. The monoisotopic (exact) mass is 284 g/mol. The van der Waals surface area contributed by atoms with Crippen molar-refractivity contribution in [2.24, 2.45) is 17.8 Å². The van der Waals surface area contributed by atoms with Crippen molar-refractivity contribution in [1.82, 2.24) is 0 Å². The molecule has 0 radical (unpaired) electrons. The molecule has 2 aliphatic carbocycles. The highest BCUT2D eigenvalue weighted by Crippen LogP contribution is 2.50. The Morgan fingerprint density at radius 3 is 2.90 bits per heavy atom. The summed E-state index contributed by atoms with van der Waals surface area (Å²) in [5.74, 6) is 2.70. The molecule has 3 nitrogen and oxygen atoms in total. The van der Waals surface area contributed by atoms with Crippen molar-refractivity contribution in [2.45, 2.75) is 51.5 Å². The van der Waals surface area contributed by atoms with E-state index in [9.17, 15) is 4.79 Å². The van der Waals surface area contributed by atoms with Gasteiger partial charge in [0.1, 0.15) is 0 Å². The molecular formula is C18H24N2O. The third kappa shape index (κ3) is 2.14. The van der Waals surface area contributed by atoms with Crippen LogP contribution in [-0.2, 0) is 11.2 Å². The molecule has 4 atom stereocenters. The number of anilines is 2. The molecule has 2 bridgehead atoms. The van der Waals surface area contributed by atoms with Gasteiger partial charge in [-0.05, 0) is 74.1 Å². The molecule has 0 spiro atoms. The van der Waals surface area contributed by atoms with E-state index >= 15 is 0 Å². The van der Waals surface area contributed by atoms with Crippen LogP contribution in [0.1, 0.15) is 44.6 Å². The minimum absolute atomic E-state index is 0.271.